The fraction of sp³-hybridized carbons (Fsp3) is 0.226. The number of aromatic nitrogens is 1. The monoisotopic (exact) mass is 665 g/mol. The second-order valence-corrected chi connectivity index (χ2v) is 10.8. The van der Waals surface area contributed by atoms with Gasteiger partial charge in [-0.2, -0.15) is 8.78 Å². The van der Waals surface area contributed by atoms with Crippen LogP contribution in [0.25, 0.3) is 10.8 Å². The van der Waals surface area contributed by atoms with E-state index in [1.165, 1.54) is 48.5 Å². The lowest BCUT2D eigenvalue weighted by atomic mass is 10.1. The number of hydrogen-bond donors (Lipinski definition) is 1. The standard InChI is InChI=1S/C31H25Cl2F4N3O5/c1-3-24(40-11-10-16-4-5-18(33)12-20(16)31(40)44)30(43)38-23(14-26(42)39(2)19-8-6-17(32)7-9-19)25(41)15-45-29-27(36)21(34)13-22(35)28(29)37/h4-13,23-24H,3,14-15H2,1-2H3,(H,38,43)/t23?,24-/m0/s1. The highest BCUT2D eigenvalue weighted by Crippen LogP contribution is 2.27. The van der Waals surface area contributed by atoms with Gasteiger partial charge in [-0.15, -0.1) is 0 Å². The van der Waals surface area contributed by atoms with Crippen molar-refractivity contribution in [2.24, 2.45) is 0 Å². The van der Waals surface area contributed by atoms with Gasteiger partial charge in [-0.05, 0) is 54.3 Å². The van der Waals surface area contributed by atoms with Gasteiger partial charge in [0, 0.05) is 40.4 Å². The summed E-state index contributed by atoms with van der Waals surface area (Å²) in [5.74, 6) is -11.3. The van der Waals surface area contributed by atoms with E-state index >= 15 is 0 Å². The number of nitrogens with zero attached hydrogens (tertiary/aromatic N) is 2. The van der Waals surface area contributed by atoms with Gasteiger partial charge >= 0.3 is 0 Å². The van der Waals surface area contributed by atoms with Gasteiger partial charge in [0.2, 0.25) is 23.4 Å². The number of carbonyl (C=O) groups is 3. The number of pyridine rings is 1. The van der Waals surface area contributed by atoms with Crippen LogP contribution in [0, 0.1) is 23.3 Å². The van der Waals surface area contributed by atoms with E-state index in [0.717, 1.165) is 4.57 Å². The van der Waals surface area contributed by atoms with Crippen LogP contribution in [0.1, 0.15) is 25.8 Å². The Balaban J connectivity index is 1.62. The molecule has 14 heteroatoms. The number of carbonyl (C=O) groups excluding carboxylic acids is 3. The maximum Gasteiger partial charge on any atom is 0.259 e. The van der Waals surface area contributed by atoms with Gasteiger partial charge < -0.3 is 19.5 Å². The molecular formula is C31H25Cl2F4N3O5. The van der Waals surface area contributed by atoms with E-state index in [1.54, 1.807) is 25.1 Å². The maximum atomic E-state index is 14.2. The predicted octanol–water partition coefficient (Wildman–Crippen LogP) is 6.00. The molecule has 1 unspecified atom stereocenters. The molecule has 0 fully saturated rings. The van der Waals surface area contributed by atoms with Gasteiger partial charge in [0.25, 0.3) is 5.56 Å². The molecule has 4 rings (SSSR count). The number of amides is 2. The zero-order valence-corrected chi connectivity index (χ0v) is 25.3. The number of rotatable bonds is 11. The van der Waals surface area contributed by atoms with Gasteiger partial charge in [-0.25, -0.2) is 8.78 Å². The highest BCUT2D eigenvalue weighted by atomic mass is 35.5. The van der Waals surface area contributed by atoms with Crippen molar-refractivity contribution in [2.75, 3.05) is 18.6 Å². The maximum absolute atomic E-state index is 14.2. The number of ketones is 1. The van der Waals surface area contributed by atoms with Gasteiger partial charge in [0.05, 0.1) is 12.5 Å². The minimum Gasteiger partial charge on any atom is -0.479 e. The van der Waals surface area contributed by atoms with Crippen LogP contribution in [0.5, 0.6) is 5.75 Å². The van der Waals surface area contributed by atoms with E-state index in [2.05, 4.69) is 5.32 Å². The van der Waals surface area contributed by atoms with E-state index in [9.17, 15) is 36.7 Å². The highest BCUT2D eigenvalue weighted by molar-refractivity contribution is 6.31. The van der Waals surface area contributed by atoms with Crippen molar-refractivity contribution in [3.05, 3.63) is 104 Å². The second kappa shape index (κ2) is 14.1. The first-order chi connectivity index (χ1) is 21.3. The Kier molecular flexibility index (Phi) is 10.5. The zero-order chi connectivity index (χ0) is 33.0. The summed E-state index contributed by atoms with van der Waals surface area (Å²) in [6.07, 6.45) is 0.816. The van der Waals surface area contributed by atoms with E-state index in [4.69, 9.17) is 27.9 Å². The molecule has 0 spiro atoms. The molecule has 1 heterocycles. The van der Waals surface area contributed by atoms with Gasteiger partial charge in [0.15, 0.2) is 23.2 Å². The van der Waals surface area contributed by atoms with Crippen LogP contribution in [0.3, 0.4) is 0 Å². The summed E-state index contributed by atoms with van der Waals surface area (Å²) in [5.41, 5.74) is -0.147. The Morgan fingerprint density at radius 2 is 1.56 bits per heavy atom. The number of anilines is 1. The van der Waals surface area contributed by atoms with Crippen LogP contribution in [-0.4, -0.2) is 41.9 Å². The first-order valence-corrected chi connectivity index (χ1v) is 14.2. The number of Topliss-reactive ketones (excluding diaryl/α,β-unsaturated/α-hetero) is 1. The lowest BCUT2D eigenvalue weighted by molar-refractivity contribution is -0.132. The van der Waals surface area contributed by atoms with E-state index in [1.807, 2.05) is 0 Å². The SMILES string of the molecule is CC[C@@H](C(=O)NC(CC(=O)N(C)c1ccc(Cl)cc1)C(=O)COc1c(F)c(F)cc(F)c1F)n1ccc2ccc(Cl)cc2c1=O. The van der Waals surface area contributed by atoms with Crippen molar-refractivity contribution in [1.82, 2.24) is 9.88 Å². The number of ether oxygens (including phenoxy) is 1. The molecule has 45 heavy (non-hydrogen) atoms. The molecule has 0 bridgehead atoms. The number of benzene rings is 3. The summed E-state index contributed by atoms with van der Waals surface area (Å²) < 4.78 is 61.6. The molecule has 2 atom stereocenters. The zero-order valence-electron chi connectivity index (χ0n) is 23.8. The molecule has 4 aromatic rings. The van der Waals surface area contributed by atoms with Gasteiger partial charge in [0.1, 0.15) is 12.6 Å². The minimum absolute atomic E-state index is 0.0266. The van der Waals surface area contributed by atoms with Crippen LogP contribution in [0.4, 0.5) is 23.2 Å². The molecule has 236 valence electrons. The Labute approximate surface area is 264 Å². The van der Waals surface area contributed by atoms with Gasteiger partial charge in [-0.3, -0.25) is 19.2 Å². The lowest BCUT2D eigenvalue weighted by Crippen LogP contribution is -2.49. The molecular weight excluding hydrogens is 641 g/mol. The smallest absolute Gasteiger partial charge is 0.259 e. The van der Waals surface area contributed by atoms with E-state index in [-0.39, 0.29) is 17.9 Å². The molecule has 0 aliphatic heterocycles. The second-order valence-electron chi connectivity index (χ2n) is 9.93. The Hall–Kier alpha value is -4.42. The molecule has 3 aromatic carbocycles. The third-order valence-corrected chi connectivity index (χ3v) is 7.51. The highest BCUT2D eigenvalue weighted by Gasteiger charge is 2.31. The molecule has 1 aromatic heterocycles. The van der Waals surface area contributed by atoms with E-state index < -0.39 is 77.3 Å². The Morgan fingerprint density at radius 3 is 2.18 bits per heavy atom. The largest absolute Gasteiger partial charge is 0.479 e. The fourth-order valence-electron chi connectivity index (χ4n) is 4.54. The van der Waals surface area contributed by atoms with Crippen molar-refractivity contribution in [3.63, 3.8) is 0 Å². The van der Waals surface area contributed by atoms with Crippen LogP contribution in [0.2, 0.25) is 10.0 Å². The molecule has 0 aliphatic rings. The van der Waals surface area contributed by atoms with Crippen molar-refractivity contribution in [3.8, 4) is 5.75 Å². The number of hydrogen-bond acceptors (Lipinski definition) is 5. The lowest BCUT2D eigenvalue weighted by Gasteiger charge is -2.25. The Morgan fingerprint density at radius 1 is 0.933 bits per heavy atom. The van der Waals surface area contributed by atoms with Crippen molar-refractivity contribution in [2.45, 2.75) is 31.8 Å². The summed E-state index contributed by atoms with van der Waals surface area (Å²) in [5, 5.41) is 3.95. The first-order valence-electron chi connectivity index (χ1n) is 13.4. The van der Waals surface area contributed by atoms with Crippen LogP contribution in [0.15, 0.2) is 65.6 Å². The summed E-state index contributed by atoms with van der Waals surface area (Å²) in [7, 11) is 1.40. The summed E-state index contributed by atoms with van der Waals surface area (Å²) >= 11 is 12.0. The summed E-state index contributed by atoms with van der Waals surface area (Å²) in [4.78, 5) is 54.4. The van der Waals surface area contributed by atoms with Crippen LogP contribution < -0.4 is 20.5 Å². The molecule has 8 nitrogen and oxygen atoms in total. The number of fused-ring (bicyclic) bond motifs is 1. The molecule has 0 saturated heterocycles. The molecule has 0 aliphatic carbocycles. The molecule has 1 N–H and O–H groups in total. The minimum atomic E-state index is -1.87. The first kappa shape index (κ1) is 33.5. The average molecular weight is 666 g/mol. The quantitative estimate of drug-likeness (QED) is 0.157. The third kappa shape index (κ3) is 7.46. The van der Waals surface area contributed by atoms with Crippen molar-refractivity contribution in [1.29, 1.82) is 0 Å². The molecule has 0 radical (unpaired) electrons. The molecule has 2 amide bonds. The van der Waals surface area contributed by atoms with Gasteiger partial charge in [-0.1, -0.05) is 36.2 Å². The Bertz CT molecular complexity index is 1810. The van der Waals surface area contributed by atoms with Crippen molar-refractivity contribution < 1.29 is 36.7 Å². The predicted molar refractivity (Wildman–Crippen MR) is 161 cm³/mol. The molecule has 0 saturated carbocycles. The summed E-state index contributed by atoms with van der Waals surface area (Å²) in [6, 6.07) is 9.58. The van der Waals surface area contributed by atoms with Crippen molar-refractivity contribution >= 4 is 57.3 Å². The number of halogens is 6. The number of nitrogens with one attached hydrogen (secondary N) is 1. The summed E-state index contributed by atoms with van der Waals surface area (Å²) in [6.45, 7) is 0.438. The third-order valence-electron chi connectivity index (χ3n) is 7.02. The fourth-order valence-corrected chi connectivity index (χ4v) is 4.83. The topological polar surface area (TPSA) is 97.7 Å². The van der Waals surface area contributed by atoms with E-state index in [0.29, 0.717) is 21.1 Å². The average Bonchev–Trinajstić information content (AvgIpc) is 3.01. The van der Waals surface area contributed by atoms with Crippen LogP contribution in [-0.2, 0) is 14.4 Å². The normalized spacial score (nSPS) is 12.4. The van der Waals surface area contributed by atoms with Crippen LogP contribution >= 0.6 is 23.2 Å².